The highest BCUT2D eigenvalue weighted by atomic mass is 15.0. The number of nitrogens with one attached hydrogen (secondary N) is 1. The summed E-state index contributed by atoms with van der Waals surface area (Å²) >= 11 is 0. The van der Waals surface area contributed by atoms with Gasteiger partial charge < -0.3 is 9.55 Å². The average molecular weight is 226 g/mol. The van der Waals surface area contributed by atoms with Crippen LogP contribution in [0, 0.1) is 6.92 Å². The highest BCUT2D eigenvalue weighted by Gasteiger charge is 2.08. The quantitative estimate of drug-likeness (QED) is 0.730. The van der Waals surface area contributed by atoms with Crippen LogP contribution in [0.15, 0.2) is 36.9 Å². The molecule has 0 bridgehead atoms. The van der Waals surface area contributed by atoms with Crippen molar-refractivity contribution in [2.45, 2.75) is 19.9 Å². The van der Waals surface area contributed by atoms with Gasteiger partial charge in [-0.1, -0.05) is 6.07 Å². The summed E-state index contributed by atoms with van der Waals surface area (Å²) in [5.41, 5.74) is 3.36. The van der Waals surface area contributed by atoms with Crippen LogP contribution in [0.3, 0.4) is 0 Å². The topological polar surface area (TPSA) is 46.5 Å². The highest BCUT2D eigenvalue weighted by molar-refractivity contribution is 5.75. The summed E-state index contributed by atoms with van der Waals surface area (Å²) in [7, 11) is 0. The van der Waals surface area contributed by atoms with E-state index >= 15 is 0 Å². The summed E-state index contributed by atoms with van der Waals surface area (Å²) in [5.74, 6) is 0.951. The summed E-state index contributed by atoms with van der Waals surface area (Å²) < 4.78 is 2.09. The van der Waals surface area contributed by atoms with Gasteiger partial charge in [-0.05, 0) is 31.5 Å². The lowest BCUT2D eigenvalue weighted by atomic mass is 10.1. The van der Waals surface area contributed by atoms with Gasteiger partial charge in [0.15, 0.2) is 0 Å². The van der Waals surface area contributed by atoms with Crippen molar-refractivity contribution >= 4 is 11.0 Å². The van der Waals surface area contributed by atoms with E-state index in [1.807, 2.05) is 19.4 Å². The third kappa shape index (κ3) is 1.71. The summed E-state index contributed by atoms with van der Waals surface area (Å²) in [4.78, 5) is 11.7. The van der Waals surface area contributed by atoms with Crippen LogP contribution in [-0.4, -0.2) is 19.5 Å². The summed E-state index contributed by atoms with van der Waals surface area (Å²) in [5, 5.41) is 0. The molecule has 86 valence electrons. The van der Waals surface area contributed by atoms with Gasteiger partial charge in [-0.3, -0.25) is 0 Å². The van der Waals surface area contributed by atoms with E-state index in [4.69, 9.17) is 0 Å². The van der Waals surface area contributed by atoms with Crippen molar-refractivity contribution in [3.63, 3.8) is 0 Å². The lowest BCUT2D eigenvalue weighted by Crippen LogP contribution is -2.03. The number of aryl methyl sites for hydroxylation is 1. The monoisotopic (exact) mass is 226 g/mol. The second-order valence-electron chi connectivity index (χ2n) is 4.28. The first-order chi connectivity index (χ1) is 8.24. The molecule has 0 aliphatic rings. The Morgan fingerprint density at radius 1 is 1.35 bits per heavy atom. The number of aromatic nitrogens is 4. The Morgan fingerprint density at radius 3 is 3.00 bits per heavy atom. The number of benzene rings is 1. The molecule has 0 saturated heterocycles. The predicted molar refractivity (Wildman–Crippen MR) is 66.9 cm³/mol. The smallest absolute Gasteiger partial charge is 0.104 e. The van der Waals surface area contributed by atoms with Crippen molar-refractivity contribution in [3.8, 4) is 0 Å². The molecule has 3 aromatic rings. The number of hydrogen-bond donors (Lipinski definition) is 1. The van der Waals surface area contributed by atoms with Gasteiger partial charge in [0.2, 0.25) is 0 Å². The average Bonchev–Trinajstić information content (AvgIpc) is 2.94. The fraction of sp³-hybridized carbons (Fsp3) is 0.231. The molecular weight excluding hydrogens is 212 g/mol. The molecule has 2 aromatic heterocycles. The van der Waals surface area contributed by atoms with E-state index < -0.39 is 0 Å². The Morgan fingerprint density at radius 2 is 2.24 bits per heavy atom. The van der Waals surface area contributed by atoms with E-state index in [0.29, 0.717) is 0 Å². The van der Waals surface area contributed by atoms with E-state index in [2.05, 4.69) is 44.6 Å². The number of H-pyrrole nitrogens is 1. The zero-order valence-corrected chi connectivity index (χ0v) is 9.88. The maximum absolute atomic E-state index is 4.40. The van der Waals surface area contributed by atoms with Gasteiger partial charge in [-0.2, -0.15) is 0 Å². The summed E-state index contributed by atoms with van der Waals surface area (Å²) in [6.45, 7) is 4.13. The highest BCUT2D eigenvalue weighted by Crippen LogP contribution is 2.21. The molecule has 0 aliphatic carbocycles. The number of fused-ring (bicyclic) bond motifs is 1. The first kappa shape index (κ1) is 10.1. The summed E-state index contributed by atoms with van der Waals surface area (Å²) in [6.07, 6.45) is 5.62. The SMILES string of the molecule is Cc1nc2ccc(C(C)n3ccnc3)cc2[nH]1. The molecule has 4 nitrogen and oxygen atoms in total. The molecule has 0 aliphatic heterocycles. The first-order valence-electron chi connectivity index (χ1n) is 5.68. The summed E-state index contributed by atoms with van der Waals surface area (Å²) in [6, 6.07) is 6.61. The Hall–Kier alpha value is -2.10. The molecule has 2 heterocycles. The van der Waals surface area contributed by atoms with Crippen LogP contribution in [-0.2, 0) is 0 Å². The maximum atomic E-state index is 4.40. The molecule has 0 radical (unpaired) electrons. The van der Waals surface area contributed by atoms with Crippen molar-refractivity contribution in [1.29, 1.82) is 0 Å². The number of imidazole rings is 2. The van der Waals surface area contributed by atoms with Crippen LogP contribution in [0.25, 0.3) is 11.0 Å². The van der Waals surface area contributed by atoms with Crippen molar-refractivity contribution in [2.75, 3.05) is 0 Å². The van der Waals surface area contributed by atoms with Gasteiger partial charge in [0, 0.05) is 12.4 Å². The van der Waals surface area contributed by atoms with Crippen LogP contribution in [0.1, 0.15) is 24.4 Å². The molecule has 3 rings (SSSR count). The van der Waals surface area contributed by atoms with Crippen molar-refractivity contribution in [3.05, 3.63) is 48.3 Å². The van der Waals surface area contributed by atoms with Gasteiger partial charge in [0.25, 0.3) is 0 Å². The Bertz CT molecular complexity index is 637. The lowest BCUT2D eigenvalue weighted by Gasteiger charge is -2.13. The van der Waals surface area contributed by atoms with Crippen LogP contribution in [0.5, 0.6) is 0 Å². The first-order valence-corrected chi connectivity index (χ1v) is 5.68. The fourth-order valence-corrected chi connectivity index (χ4v) is 2.09. The van der Waals surface area contributed by atoms with E-state index in [-0.39, 0.29) is 6.04 Å². The largest absolute Gasteiger partial charge is 0.342 e. The molecule has 1 atom stereocenters. The molecular formula is C13H14N4. The van der Waals surface area contributed by atoms with Crippen LogP contribution >= 0.6 is 0 Å². The maximum Gasteiger partial charge on any atom is 0.104 e. The Balaban J connectivity index is 2.05. The molecule has 0 saturated carbocycles. The molecule has 1 unspecified atom stereocenters. The van der Waals surface area contributed by atoms with Crippen LogP contribution in [0.2, 0.25) is 0 Å². The van der Waals surface area contributed by atoms with E-state index in [1.165, 1.54) is 5.56 Å². The third-order valence-electron chi connectivity index (χ3n) is 3.08. The van der Waals surface area contributed by atoms with Gasteiger partial charge in [0.05, 0.1) is 23.4 Å². The standard InChI is InChI=1S/C13H14N4/c1-9(17-6-5-14-8-17)11-3-4-12-13(7-11)16-10(2)15-12/h3-9H,1-2H3,(H,15,16). The van der Waals surface area contributed by atoms with Gasteiger partial charge >= 0.3 is 0 Å². The Kier molecular flexibility index (Phi) is 2.21. The van der Waals surface area contributed by atoms with Crippen molar-refractivity contribution < 1.29 is 0 Å². The second kappa shape index (κ2) is 3.73. The van der Waals surface area contributed by atoms with Gasteiger partial charge in [0.1, 0.15) is 5.82 Å². The number of aromatic amines is 1. The second-order valence-corrected chi connectivity index (χ2v) is 4.28. The van der Waals surface area contributed by atoms with E-state index in [1.54, 1.807) is 6.20 Å². The van der Waals surface area contributed by atoms with Gasteiger partial charge in [-0.15, -0.1) is 0 Å². The van der Waals surface area contributed by atoms with Gasteiger partial charge in [-0.25, -0.2) is 9.97 Å². The minimum absolute atomic E-state index is 0.283. The lowest BCUT2D eigenvalue weighted by molar-refractivity contribution is 0.639. The number of rotatable bonds is 2. The number of hydrogen-bond acceptors (Lipinski definition) is 2. The van der Waals surface area contributed by atoms with E-state index in [9.17, 15) is 0 Å². The van der Waals surface area contributed by atoms with Crippen LogP contribution < -0.4 is 0 Å². The molecule has 1 aromatic carbocycles. The Labute approximate surface area is 99.3 Å². The predicted octanol–water partition coefficient (Wildman–Crippen LogP) is 2.68. The molecule has 0 amide bonds. The zero-order valence-electron chi connectivity index (χ0n) is 9.88. The molecule has 1 N–H and O–H groups in total. The van der Waals surface area contributed by atoms with Crippen molar-refractivity contribution in [2.24, 2.45) is 0 Å². The van der Waals surface area contributed by atoms with Crippen molar-refractivity contribution in [1.82, 2.24) is 19.5 Å². The van der Waals surface area contributed by atoms with Crippen LogP contribution in [0.4, 0.5) is 0 Å². The number of nitrogens with zero attached hydrogens (tertiary/aromatic N) is 3. The molecule has 4 heteroatoms. The fourth-order valence-electron chi connectivity index (χ4n) is 2.09. The normalized spacial score (nSPS) is 13.1. The zero-order chi connectivity index (χ0) is 11.8. The minimum atomic E-state index is 0.283. The molecule has 17 heavy (non-hydrogen) atoms. The minimum Gasteiger partial charge on any atom is -0.342 e. The molecule has 0 spiro atoms. The van der Waals surface area contributed by atoms with E-state index in [0.717, 1.165) is 16.9 Å². The molecule has 0 fully saturated rings. The third-order valence-corrected chi connectivity index (χ3v) is 3.08.